The summed E-state index contributed by atoms with van der Waals surface area (Å²) in [6.07, 6.45) is -3.95. The lowest BCUT2D eigenvalue weighted by Gasteiger charge is -2.23. The highest BCUT2D eigenvalue weighted by atomic mass is 35.5. The van der Waals surface area contributed by atoms with Gasteiger partial charge in [-0.05, 0) is 25.1 Å². The summed E-state index contributed by atoms with van der Waals surface area (Å²) < 4.78 is 39.2. The van der Waals surface area contributed by atoms with Crippen LogP contribution in [0.15, 0.2) is 18.2 Å². The summed E-state index contributed by atoms with van der Waals surface area (Å²) in [5.41, 5.74) is -1.49. The van der Waals surface area contributed by atoms with Crippen molar-refractivity contribution in [1.82, 2.24) is 9.80 Å². The number of rotatable bonds is 7. The van der Waals surface area contributed by atoms with E-state index < -0.39 is 23.3 Å². The molecule has 0 aromatic heterocycles. The summed E-state index contributed by atoms with van der Waals surface area (Å²) >= 11 is 5.81. The van der Waals surface area contributed by atoms with Gasteiger partial charge in [0, 0.05) is 14.1 Å². The second-order valence-electron chi connectivity index (χ2n) is 5.71. The van der Waals surface area contributed by atoms with Crippen molar-refractivity contribution in [3.05, 3.63) is 28.8 Å². The predicted octanol–water partition coefficient (Wildman–Crippen LogP) is 3.10. The van der Waals surface area contributed by atoms with Gasteiger partial charge in [0.1, 0.15) is 0 Å². The zero-order valence-electron chi connectivity index (χ0n) is 14.3. The van der Waals surface area contributed by atoms with Crippen molar-refractivity contribution >= 4 is 29.1 Å². The molecule has 5 nitrogen and oxygen atoms in total. The van der Waals surface area contributed by atoms with Crippen molar-refractivity contribution in [3.63, 3.8) is 0 Å². The van der Waals surface area contributed by atoms with E-state index in [1.54, 1.807) is 19.0 Å². The van der Waals surface area contributed by atoms with Crippen molar-refractivity contribution in [2.24, 2.45) is 0 Å². The SMILES string of the molecule is CCCN(CC(=O)Nc1c(Cl)cccc1C(F)(F)F)CC(=O)N(C)C. The number of hydrogen-bond acceptors (Lipinski definition) is 3. The summed E-state index contributed by atoms with van der Waals surface area (Å²) in [6.45, 7) is 2.13. The minimum Gasteiger partial charge on any atom is -0.348 e. The normalized spacial score (nSPS) is 11.5. The number of para-hydroxylation sites is 1. The number of alkyl halides is 3. The number of hydrogen-bond donors (Lipinski definition) is 1. The third kappa shape index (κ3) is 6.55. The second kappa shape index (κ2) is 9.05. The van der Waals surface area contributed by atoms with E-state index in [4.69, 9.17) is 11.6 Å². The molecule has 1 rings (SSSR count). The van der Waals surface area contributed by atoms with Gasteiger partial charge in [-0.1, -0.05) is 24.6 Å². The topological polar surface area (TPSA) is 52.7 Å². The Morgan fingerprint density at radius 1 is 1.20 bits per heavy atom. The quantitative estimate of drug-likeness (QED) is 0.792. The molecule has 1 aromatic rings. The minimum absolute atomic E-state index is 0.00289. The third-order valence-corrected chi connectivity index (χ3v) is 3.66. The minimum atomic E-state index is -4.64. The Labute approximate surface area is 149 Å². The molecule has 0 atom stereocenters. The number of nitrogens with one attached hydrogen (secondary N) is 1. The molecule has 0 fully saturated rings. The van der Waals surface area contributed by atoms with Gasteiger partial charge in [0.05, 0.1) is 29.4 Å². The van der Waals surface area contributed by atoms with Crippen LogP contribution in [0.25, 0.3) is 0 Å². The second-order valence-corrected chi connectivity index (χ2v) is 6.11. The first-order valence-corrected chi connectivity index (χ1v) is 8.02. The molecule has 0 bridgehead atoms. The van der Waals surface area contributed by atoms with Crippen LogP contribution in [0.4, 0.5) is 18.9 Å². The van der Waals surface area contributed by atoms with Crippen LogP contribution in [-0.2, 0) is 15.8 Å². The molecule has 0 aliphatic rings. The van der Waals surface area contributed by atoms with Gasteiger partial charge < -0.3 is 10.2 Å². The van der Waals surface area contributed by atoms with Crippen molar-refractivity contribution < 1.29 is 22.8 Å². The molecule has 9 heteroatoms. The van der Waals surface area contributed by atoms with E-state index in [0.717, 1.165) is 6.07 Å². The first-order chi connectivity index (χ1) is 11.6. The van der Waals surface area contributed by atoms with Gasteiger partial charge in [-0.3, -0.25) is 14.5 Å². The van der Waals surface area contributed by atoms with Crippen molar-refractivity contribution in [2.75, 3.05) is 39.0 Å². The molecule has 1 aromatic carbocycles. The van der Waals surface area contributed by atoms with Crippen LogP contribution < -0.4 is 5.32 Å². The maximum absolute atomic E-state index is 13.1. The lowest BCUT2D eigenvalue weighted by molar-refractivity contribution is -0.137. The molecule has 2 amide bonds. The van der Waals surface area contributed by atoms with Gasteiger partial charge in [0.2, 0.25) is 11.8 Å². The standard InChI is InChI=1S/C16H21ClF3N3O2/c1-4-8-23(10-14(25)22(2)3)9-13(24)21-15-11(16(18,19)20)6-5-7-12(15)17/h5-7H,4,8-10H2,1-3H3,(H,21,24). The highest BCUT2D eigenvalue weighted by molar-refractivity contribution is 6.34. The summed E-state index contributed by atoms with van der Waals surface area (Å²) in [7, 11) is 3.18. The van der Waals surface area contributed by atoms with Gasteiger partial charge in [-0.2, -0.15) is 13.2 Å². The summed E-state index contributed by atoms with van der Waals surface area (Å²) in [6, 6.07) is 3.28. The molecule has 0 heterocycles. The fourth-order valence-corrected chi connectivity index (χ4v) is 2.35. The molecule has 0 aliphatic heterocycles. The Bertz CT molecular complexity index is 621. The van der Waals surface area contributed by atoms with Gasteiger partial charge in [0.25, 0.3) is 0 Å². The number of anilines is 1. The molecule has 25 heavy (non-hydrogen) atoms. The molecular weight excluding hydrogens is 359 g/mol. The zero-order chi connectivity index (χ0) is 19.2. The zero-order valence-corrected chi connectivity index (χ0v) is 15.0. The number of amides is 2. The number of carbonyl (C=O) groups excluding carboxylic acids is 2. The number of halogens is 4. The Morgan fingerprint density at radius 2 is 1.84 bits per heavy atom. The van der Waals surface area contributed by atoms with Crippen LogP contribution in [0.3, 0.4) is 0 Å². The Kier molecular flexibility index (Phi) is 7.69. The first kappa shape index (κ1) is 21.2. The molecule has 0 radical (unpaired) electrons. The van der Waals surface area contributed by atoms with E-state index in [2.05, 4.69) is 5.32 Å². The highest BCUT2D eigenvalue weighted by Gasteiger charge is 2.34. The van der Waals surface area contributed by atoms with Crippen LogP contribution in [0.1, 0.15) is 18.9 Å². The summed E-state index contributed by atoms with van der Waals surface area (Å²) in [4.78, 5) is 26.9. The van der Waals surface area contributed by atoms with E-state index in [1.165, 1.54) is 17.0 Å². The smallest absolute Gasteiger partial charge is 0.348 e. The molecule has 0 unspecified atom stereocenters. The van der Waals surface area contributed by atoms with E-state index in [0.29, 0.717) is 13.0 Å². The van der Waals surface area contributed by atoms with Gasteiger partial charge in [-0.25, -0.2) is 0 Å². The average Bonchev–Trinajstić information content (AvgIpc) is 2.48. The first-order valence-electron chi connectivity index (χ1n) is 7.64. The molecule has 0 aliphatic carbocycles. The van der Waals surface area contributed by atoms with Gasteiger partial charge in [0.15, 0.2) is 0 Å². The van der Waals surface area contributed by atoms with Crippen molar-refractivity contribution in [1.29, 1.82) is 0 Å². The maximum atomic E-state index is 13.1. The highest BCUT2D eigenvalue weighted by Crippen LogP contribution is 2.38. The number of carbonyl (C=O) groups is 2. The average molecular weight is 380 g/mol. The fraction of sp³-hybridized carbons (Fsp3) is 0.500. The molecular formula is C16H21ClF3N3O2. The van der Waals surface area contributed by atoms with Crippen LogP contribution in [0, 0.1) is 0 Å². The fourth-order valence-electron chi connectivity index (χ4n) is 2.13. The Morgan fingerprint density at radius 3 is 2.36 bits per heavy atom. The van der Waals surface area contributed by atoms with Crippen LogP contribution in [0.5, 0.6) is 0 Å². The van der Waals surface area contributed by atoms with Gasteiger partial charge in [-0.15, -0.1) is 0 Å². The van der Waals surface area contributed by atoms with E-state index in [1.807, 2.05) is 6.92 Å². The van der Waals surface area contributed by atoms with E-state index in [9.17, 15) is 22.8 Å². The van der Waals surface area contributed by atoms with E-state index in [-0.39, 0.29) is 24.0 Å². The molecule has 0 saturated carbocycles. The summed E-state index contributed by atoms with van der Waals surface area (Å²) in [5.74, 6) is -0.867. The number of nitrogens with zero attached hydrogens (tertiary/aromatic N) is 2. The van der Waals surface area contributed by atoms with Crippen LogP contribution in [0.2, 0.25) is 5.02 Å². The Balaban J connectivity index is 2.89. The largest absolute Gasteiger partial charge is 0.418 e. The third-order valence-electron chi connectivity index (χ3n) is 3.35. The van der Waals surface area contributed by atoms with Crippen LogP contribution >= 0.6 is 11.6 Å². The molecule has 0 spiro atoms. The van der Waals surface area contributed by atoms with Crippen molar-refractivity contribution in [2.45, 2.75) is 19.5 Å². The molecule has 1 N–H and O–H groups in total. The number of likely N-dealkylation sites (N-methyl/N-ethyl adjacent to an activating group) is 1. The van der Waals surface area contributed by atoms with Crippen molar-refractivity contribution in [3.8, 4) is 0 Å². The lowest BCUT2D eigenvalue weighted by Crippen LogP contribution is -2.41. The lowest BCUT2D eigenvalue weighted by atomic mass is 10.1. The van der Waals surface area contributed by atoms with E-state index >= 15 is 0 Å². The Hall–Kier alpha value is -1.80. The summed E-state index contributed by atoms with van der Waals surface area (Å²) in [5, 5.41) is 2.02. The molecule has 0 saturated heterocycles. The predicted molar refractivity (Wildman–Crippen MR) is 90.5 cm³/mol. The molecule has 140 valence electrons. The van der Waals surface area contributed by atoms with Crippen LogP contribution in [-0.4, -0.2) is 55.3 Å². The maximum Gasteiger partial charge on any atom is 0.418 e. The van der Waals surface area contributed by atoms with Gasteiger partial charge >= 0.3 is 6.18 Å². The number of benzene rings is 1. The monoisotopic (exact) mass is 379 g/mol.